The lowest BCUT2D eigenvalue weighted by Crippen LogP contribution is -2.02. The van der Waals surface area contributed by atoms with Crippen molar-refractivity contribution in [3.8, 4) is 11.8 Å². The number of carboxylic acids is 1. The fourth-order valence-electron chi connectivity index (χ4n) is 0.900. The maximum atomic E-state index is 10.0. The first-order chi connectivity index (χ1) is 7.16. The van der Waals surface area contributed by atoms with Crippen LogP contribution in [0.3, 0.4) is 0 Å². The van der Waals surface area contributed by atoms with Gasteiger partial charge in [0.15, 0.2) is 0 Å². The van der Waals surface area contributed by atoms with E-state index in [2.05, 4.69) is 5.92 Å². The van der Waals surface area contributed by atoms with Crippen molar-refractivity contribution in [3.63, 3.8) is 0 Å². The van der Waals surface area contributed by atoms with Crippen molar-refractivity contribution in [1.29, 1.82) is 0 Å². The first kappa shape index (κ1) is 13.5. The van der Waals surface area contributed by atoms with E-state index in [0.717, 1.165) is 6.42 Å². The summed E-state index contributed by atoms with van der Waals surface area (Å²) in [6, 6.07) is 0. The quantitative estimate of drug-likeness (QED) is 0.534. The second kappa shape index (κ2) is 9.04. The maximum absolute atomic E-state index is 10.0. The van der Waals surface area contributed by atoms with E-state index in [0.29, 0.717) is 12.8 Å². The van der Waals surface area contributed by atoms with E-state index in [1.165, 1.54) is 0 Å². The minimum atomic E-state index is -1.21. The molecule has 0 amide bonds. The topological polar surface area (TPSA) is 57.5 Å². The third-order valence-electron chi connectivity index (χ3n) is 1.63. The van der Waals surface area contributed by atoms with Crippen LogP contribution in [-0.2, 0) is 4.79 Å². The third kappa shape index (κ3) is 10.4. The van der Waals surface area contributed by atoms with Crippen molar-refractivity contribution in [1.82, 2.24) is 0 Å². The minimum absolute atomic E-state index is 0.465. The average molecular weight is 208 g/mol. The van der Waals surface area contributed by atoms with Gasteiger partial charge in [0.2, 0.25) is 0 Å². The van der Waals surface area contributed by atoms with E-state index in [1.807, 2.05) is 37.1 Å². The molecule has 3 nitrogen and oxygen atoms in total. The summed E-state index contributed by atoms with van der Waals surface area (Å²) in [5.74, 6) is 2.92. The Morgan fingerprint density at radius 3 is 2.73 bits per heavy atom. The Labute approximate surface area is 90.1 Å². The largest absolute Gasteiger partial charge is 0.472 e. The van der Waals surface area contributed by atoms with Crippen LogP contribution >= 0.6 is 0 Å². The van der Waals surface area contributed by atoms with E-state index in [-0.39, 0.29) is 0 Å². The first-order valence-corrected chi connectivity index (χ1v) is 4.85. The highest BCUT2D eigenvalue weighted by molar-refractivity contribution is 5.86. The van der Waals surface area contributed by atoms with Crippen LogP contribution in [-0.4, -0.2) is 22.3 Å². The molecule has 0 bridgehead atoms. The smallest absolute Gasteiger partial charge is 0.381 e. The van der Waals surface area contributed by atoms with Gasteiger partial charge in [-0.3, -0.25) is 0 Å². The van der Waals surface area contributed by atoms with Crippen LogP contribution in [0.15, 0.2) is 24.3 Å². The van der Waals surface area contributed by atoms with Gasteiger partial charge in [0, 0.05) is 5.92 Å². The SMILES string of the molecule is CC=CCC=CCCC(O)C#CC(=O)O. The molecule has 0 aromatic rings. The molecule has 0 rings (SSSR count). The number of aliphatic carboxylic acids is 1. The zero-order valence-corrected chi connectivity index (χ0v) is 8.81. The number of carboxylic acid groups (broad SMARTS) is 1. The lowest BCUT2D eigenvalue weighted by Gasteiger charge is -1.97. The fourth-order valence-corrected chi connectivity index (χ4v) is 0.900. The third-order valence-corrected chi connectivity index (χ3v) is 1.63. The fraction of sp³-hybridized carbons (Fsp3) is 0.417. The highest BCUT2D eigenvalue weighted by Gasteiger charge is 1.96. The van der Waals surface area contributed by atoms with Gasteiger partial charge in [-0.25, -0.2) is 4.79 Å². The number of carbonyl (C=O) groups is 1. The molecular weight excluding hydrogens is 192 g/mol. The van der Waals surface area contributed by atoms with Gasteiger partial charge in [-0.2, -0.15) is 0 Å². The molecule has 0 aromatic carbocycles. The monoisotopic (exact) mass is 208 g/mol. The van der Waals surface area contributed by atoms with Crippen LogP contribution < -0.4 is 0 Å². The molecule has 0 aromatic heterocycles. The molecule has 0 saturated heterocycles. The molecule has 0 aliphatic heterocycles. The van der Waals surface area contributed by atoms with Crippen molar-refractivity contribution in [2.24, 2.45) is 0 Å². The summed E-state index contributed by atoms with van der Waals surface area (Å²) in [6.07, 6.45) is 9.14. The highest BCUT2D eigenvalue weighted by Crippen LogP contribution is 1.98. The first-order valence-electron chi connectivity index (χ1n) is 4.85. The number of rotatable bonds is 5. The van der Waals surface area contributed by atoms with Gasteiger partial charge in [0.1, 0.15) is 6.10 Å². The molecule has 15 heavy (non-hydrogen) atoms. The summed E-state index contributed by atoms with van der Waals surface area (Å²) in [4.78, 5) is 10.0. The van der Waals surface area contributed by atoms with Crippen molar-refractivity contribution >= 4 is 5.97 Å². The maximum Gasteiger partial charge on any atom is 0.381 e. The zero-order chi connectivity index (χ0) is 11.5. The number of allylic oxidation sites excluding steroid dienone is 4. The van der Waals surface area contributed by atoms with Gasteiger partial charge in [-0.05, 0) is 26.2 Å². The van der Waals surface area contributed by atoms with E-state index in [1.54, 1.807) is 0 Å². The van der Waals surface area contributed by atoms with Crippen LogP contribution in [0.2, 0.25) is 0 Å². The number of hydrogen-bond donors (Lipinski definition) is 2. The van der Waals surface area contributed by atoms with Crippen LogP contribution in [0.1, 0.15) is 26.2 Å². The molecule has 0 saturated carbocycles. The van der Waals surface area contributed by atoms with Crippen molar-refractivity contribution in [2.75, 3.05) is 0 Å². The minimum Gasteiger partial charge on any atom is -0.472 e. The van der Waals surface area contributed by atoms with Gasteiger partial charge in [0.05, 0.1) is 0 Å². The van der Waals surface area contributed by atoms with Crippen molar-refractivity contribution < 1.29 is 15.0 Å². The predicted molar refractivity (Wildman–Crippen MR) is 59.2 cm³/mol. The average Bonchev–Trinajstić information content (AvgIpc) is 2.20. The lowest BCUT2D eigenvalue weighted by molar-refractivity contribution is -0.130. The Bertz CT molecular complexity index is 292. The molecule has 0 radical (unpaired) electrons. The van der Waals surface area contributed by atoms with E-state index in [4.69, 9.17) is 5.11 Å². The lowest BCUT2D eigenvalue weighted by atomic mass is 10.2. The number of aliphatic hydroxyl groups excluding tert-OH is 1. The Morgan fingerprint density at radius 2 is 2.13 bits per heavy atom. The van der Waals surface area contributed by atoms with Gasteiger partial charge >= 0.3 is 5.97 Å². The van der Waals surface area contributed by atoms with Crippen molar-refractivity contribution in [2.45, 2.75) is 32.3 Å². The van der Waals surface area contributed by atoms with E-state index in [9.17, 15) is 9.90 Å². The van der Waals surface area contributed by atoms with Gasteiger partial charge in [-0.1, -0.05) is 30.2 Å². The molecule has 0 heterocycles. The summed E-state index contributed by atoms with van der Waals surface area (Å²) in [6.45, 7) is 1.96. The summed E-state index contributed by atoms with van der Waals surface area (Å²) in [7, 11) is 0. The second-order valence-electron chi connectivity index (χ2n) is 2.94. The molecule has 0 fully saturated rings. The molecular formula is C12H16O3. The summed E-state index contributed by atoms with van der Waals surface area (Å²) in [5, 5.41) is 17.4. The Morgan fingerprint density at radius 1 is 1.40 bits per heavy atom. The summed E-state index contributed by atoms with van der Waals surface area (Å²) >= 11 is 0. The molecule has 0 aliphatic carbocycles. The van der Waals surface area contributed by atoms with Gasteiger partial charge in [-0.15, -0.1) is 0 Å². The number of aliphatic hydroxyl groups is 1. The van der Waals surface area contributed by atoms with Crippen LogP contribution in [0.25, 0.3) is 0 Å². The summed E-state index contributed by atoms with van der Waals surface area (Å²) in [5.41, 5.74) is 0. The second-order valence-corrected chi connectivity index (χ2v) is 2.94. The Hall–Kier alpha value is -1.53. The standard InChI is InChI=1S/C12H16O3/c1-2-3-4-5-6-7-8-11(13)9-10-12(14)15/h2-3,5-6,11,13H,4,7-8H2,1H3,(H,14,15). The molecule has 0 aliphatic rings. The van der Waals surface area contributed by atoms with Crippen LogP contribution in [0.5, 0.6) is 0 Å². The molecule has 1 atom stereocenters. The molecule has 82 valence electrons. The van der Waals surface area contributed by atoms with Crippen molar-refractivity contribution in [3.05, 3.63) is 24.3 Å². The highest BCUT2D eigenvalue weighted by atomic mass is 16.4. The zero-order valence-electron chi connectivity index (χ0n) is 8.81. The van der Waals surface area contributed by atoms with E-state index >= 15 is 0 Å². The Balaban J connectivity index is 3.64. The predicted octanol–water partition coefficient (Wildman–Crippen LogP) is 1.74. The molecule has 2 N–H and O–H groups in total. The molecule has 0 spiro atoms. The molecule has 3 heteroatoms. The summed E-state index contributed by atoms with van der Waals surface area (Å²) < 4.78 is 0. The number of hydrogen-bond acceptors (Lipinski definition) is 2. The van der Waals surface area contributed by atoms with Gasteiger partial charge < -0.3 is 10.2 Å². The van der Waals surface area contributed by atoms with Gasteiger partial charge in [0.25, 0.3) is 0 Å². The van der Waals surface area contributed by atoms with E-state index < -0.39 is 12.1 Å². The Kier molecular flexibility index (Phi) is 8.12. The molecule has 1 unspecified atom stereocenters. The normalized spacial score (nSPS) is 12.7. The van der Waals surface area contributed by atoms with Crippen LogP contribution in [0.4, 0.5) is 0 Å². The van der Waals surface area contributed by atoms with Crippen LogP contribution in [0, 0.1) is 11.8 Å².